The van der Waals surface area contributed by atoms with Gasteiger partial charge in [-0.1, -0.05) is 55.7 Å². The van der Waals surface area contributed by atoms with E-state index in [9.17, 15) is 9.59 Å². The van der Waals surface area contributed by atoms with Gasteiger partial charge in [0.15, 0.2) is 0 Å². The Labute approximate surface area is 178 Å². The maximum Gasteiger partial charge on any atom is 0.338 e. The van der Waals surface area contributed by atoms with Gasteiger partial charge >= 0.3 is 5.97 Å². The summed E-state index contributed by atoms with van der Waals surface area (Å²) in [6.07, 6.45) is 6.48. The molecule has 1 saturated carbocycles. The highest BCUT2D eigenvalue weighted by Gasteiger charge is 2.29. The van der Waals surface area contributed by atoms with Crippen molar-refractivity contribution in [2.75, 3.05) is 11.9 Å². The summed E-state index contributed by atoms with van der Waals surface area (Å²) >= 11 is 4.58. The van der Waals surface area contributed by atoms with E-state index in [1.807, 2.05) is 30.3 Å². The summed E-state index contributed by atoms with van der Waals surface area (Å²) in [6.45, 7) is 2.27. The lowest BCUT2D eigenvalue weighted by atomic mass is 9.90. The summed E-state index contributed by atoms with van der Waals surface area (Å²) in [5, 5.41) is 2.88. The summed E-state index contributed by atoms with van der Waals surface area (Å²) in [5.41, 5.74) is 2.05. The van der Waals surface area contributed by atoms with Crippen LogP contribution >= 0.6 is 12.6 Å². The summed E-state index contributed by atoms with van der Waals surface area (Å²) in [5.74, 6) is -0.0829. The Morgan fingerprint density at radius 2 is 1.79 bits per heavy atom. The highest BCUT2D eigenvalue weighted by molar-refractivity contribution is 7.82. The molecule has 154 valence electrons. The summed E-state index contributed by atoms with van der Waals surface area (Å²) < 4.78 is 4.63. The number of hydrogen-bond donors (Lipinski definition) is 2. The summed E-state index contributed by atoms with van der Waals surface area (Å²) in [7, 11) is 0. The van der Waals surface area contributed by atoms with Crippen LogP contribution in [0.2, 0.25) is 0 Å². The molecular formula is C24H29NO3S. The quantitative estimate of drug-likeness (QED) is 0.481. The van der Waals surface area contributed by atoms with Gasteiger partial charge in [0.05, 0.1) is 16.9 Å². The number of carbonyl (C=O) groups is 2. The molecule has 4 nitrogen and oxygen atoms in total. The van der Waals surface area contributed by atoms with Gasteiger partial charge < -0.3 is 10.1 Å². The van der Waals surface area contributed by atoms with Crippen LogP contribution in [0.4, 0.5) is 5.69 Å². The molecule has 3 rings (SSSR count). The van der Waals surface area contributed by atoms with Gasteiger partial charge in [0.2, 0.25) is 5.91 Å². The first-order chi connectivity index (χ1) is 13.9. The van der Waals surface area contributed by atoms with Crippen molar-refractivity contribution in [3.63, 3.8) is 0 Å². The molecule has 0 aromatic heterocycles. The largest absolute Gasteiger partial charge is 0.462 e. The molecule has 2 aromatic rings. The van der Waals surface area contributed by atoms with Gasteiger partial charge in [-0.05, 0) is 55.9 Å². The van der Waals surface area contributed by atoms with E-state index in [0.29, 0.717) is 30.2 Å². The van der Waals surface area contributed by atoms with Gasteiger partial charge in [0.25, 0.3) is 0 Å². The van der Waals surface area contributed by atoms with Gasteiger partial charge in [-0.2, -0.15) is 12.6 Å². The van der Waals surface area contributed by atoms with Crippen molar-refractivity contribution in [1.29, 1.82) is 0 Å². The predicted octanol–water partition coefficient (Wildman–Crippen LogP) is 5.29. The third-order valence-electron chi connectivity index (χ3n) is 5.41. The Kier molecular flexibility index (Phi) is 7.37. The zero-order valence-corrected chi connectivity index (χ0v) is 17.8. The number of rotatable bonds is 7. The molecule has 1 aliphatic carbocycles. The third-order valence-corrected chi connectivity index (χ3v) is 5.77. The molecule has 0 radical (unpaired) electrons. The number of carbonyl (C=O) groups excluding carboxylic acids is 2. The first kappa shape index (κ1) is 21.4. The molecule has 1 N–H and O–H groups in total. The minimum atomic E-state index is -0.876. The fourth-order valence-electron chi connectivity index (χ4n) is 3.69. The first-order valence-corrected chi connectivity index (χ1v) is 10.7. The maximum absolute atomic E-state index is 12.7. The molecule has 2 aromatic carbocycles. The number of ether oxygens (including phenoxy) is 1. The fourth-order valence-corrected chi connectivity index (χ4v) is 3.93. The van der Waals surface area contributed by atoms with Crippen molar-refractivity contribution < 1.29 is 14.3 Å². The molecule has 1 atom stereocenters. The average molecular weight is 412 g/mol. The van der Waals surface area contributed by atoms with Crippen LogP contribution in [0.25, 0.3) is 0 Å². The normalized spacial score (nSPS) is 16.6. The zero-order valence-electron chi connectivity index (χ0n) is 16.9. The minimum absolute atomic E-state index is 0.211. The number of nitrogens with one attached hydrogen (secondary N) is 1. The molecule has 5 heteroatoms. The van der Waals surface area contributed by atoms with E-state index in [4.69, 9.17) is 4.74 Å². The van der Waals surface area contributed by atoms with Crippen molar-refractivity contribution in [3.05, 3.63) is 65.7 Å². The second kappa shape index (κ2) is 9.97. The number of hydrogen-bond acceptors (Lipinski definition) is 4. The molecule has 0 heterocycles. The number of anilines is 1. The van der Waals surface area contributed by atoms with Crippen LogP contribution in [0, 0.1) is 5.92 Å². The molecule has 1 amide bonds. The highest BCUT2D eigenvalue weighted by Crippen LogP contribution is 2.25. The molecule has 0 bridgehead atoms. The van der Waals surface area contributed by atoms with Crippen LogP contribution in [0.3, 0.4) is 0 Å². The minimum Gasteiger partial charge on any atom is -0.462 e. The predicted molar refractivity (Wildman–Crippen MR) is 119 cm³/mol. The molecular weight excluding hydrogens is 382 g/mol. The smallest absolute Gasteiger partial charge is 0.338 e. The van der Waals surface area contributed by atoms with E-state index in [1.54, 1.807) is 31.2 Å². The lowest BCUT2D eigenvalue weighted by Gasteiger charge is -2.23. The van der Waals surface area contributed by atoms with E-state index in [1.165, 1.54) is 19.3 Å². The van der Waals surface area contributed by atoms with Gasteiger partial charge in [0.1, 0.15) is 0 Å². The van der Waals surface area contributed by atoms with Crippen molar-refractivity contribution in [3.8, 4) is 0 Å². The standard InChI is InChI=1S/C24H29NO3S/c1-24(29,16-18-9-4-2-5-10-18)23(27)25-21-14-8-13-20(15-21)22(26)28-17-19-11-6-3-7-12-19/h2,4-5,8-10,13-15,19,29H,3,6-7,11-12,16-17H2,1H3,(H,25,27). The van der Waals surface area contributed by atoms with Crippen LogP contribution in [-0.2, 0) is 16.0 Å². The molecule has 0 spiro atoms. The van der Waals surface area contributed by atoms with E-state index in [0.717, 1.165) is 18.4 Å². The second-order valence-corrected chi connectivity index (χ2v) is 9.06. The summed E-state index contributed by atoms with van der Waals surface area (Å²) in [6, 6.07) is 16.7. The fraction of sp³-hybridized carbons (Fsp3) is 0.417. The monoisotopic (exact) mass is 411 g/mol. The van der Waals surface area contributed by atoms with Crippen LogP contribution in [0.1, 0.15) is 54.9 Å². The van der Waals surface area contributed by atoms with Gasteiger partial charge in [-0.25, -0.2) is 4.79 Å². The molecule has 0 aliphatic heterocycles. The first-order valence-electron chi connectivity index (χ1n) is 10.3. The van der Waals surface area contributed by atoms with Gasteiger partial charge in [0, 0.05) is 5.69 Å². The zero-order chi connectivity index (χ0) is 20.7. The van der Waals surface area contributed by atoms with Crippen LogP contribution in [0.5, 0.6) is 0 Å². The molecule has 0 saturated heterocycles. The number of thiol groups is 1. The molecule has 1 fully saturated rings. The average Bonchev–Trinajstić information content (AvgIpc) is 2.73. The van der Waals surface area contributed by atoms with Crippen molar-refractivity contribution in [2.45, 2.75) is 50.2 Å². The van der Waals surface area contributed by atoms with Gasteiger partial charge in [-0.15, -0.1) is 0 Å². The van der Waals surface area contributed by atoms with Crippen molar-refractivity contribution >= 4 is 30.2 Å². The highest BCUT2D eigenvalue weighted by atomic mass is 32.1. The van der Waals surface area contributed by atoms with E-state index >= 15 is 0 Å². The Morgan fingerprint density at radius 1 is 1.07 bits per heavy atom. The topological polar surface area (TPSA) is 55.4 Å². The van der Waals surface area contributed by atoms with Crippen LogP contribution in [0.15, 0.2) is 54.6 Å². The van der Waals surface area contributed by atoms with E-state index in [-0.39, 0.29) is 11.9 Å². The second-order valence-electron chi connectivity index (χ2n) is 8.07. The van der Waals surface area contributed by atoms with Crippen molar-refractivity contribution in [1.82, 2.24) is 0 Å². The van der Waals surface area contributed by atoms with Gasteiger partial charge in [-0.3, -0.25) is 4.79 Å². The number of amides is 1. The third kappa shape index (κ3) is 6.36. The van der Waals surface area contributed by atoms with Crippen molar-refractivity contribution in [2.24, 2.45) is 5.92 Å². The maximum atomic E-state index is 12.7. The Bertz CT molecular complexity index is 829. The van der Waals surface area contributed by atoms with Crippen LogP contribution < -0.4 is 5.32 Å². The van der Waals surface area contributed by atoms with E-state index < -0.39 is 4.75 Å². The molecule has 29 heavy (non-hydrogen) atoms. The molecule has 1 aliphatic rings. The number of benzene rings is 2. The molecule has 1 unspecified atom stereocenters. The summed E-state index contributed by atoms with van der Waals surface area (Å²) in [4.78, 5) is 25.2. The Balaban J connectivity index is 1.58. The lowest BCUT2D eigenvalue weighted by molar-refractivity contribution is -0.118. The van der Waals surface area contributed by atoms with Crippen LogP contribution in [-0.4, -0.2) is 23.2 Å². The lowest BCUT2D eigenvalue weighted by Crippen LogP contribution is -2.37. The number of esters is 1. The SMILES string of the molecule is CC(S)(Cc1ccccc1)C(=O)Nc1cccc(C(=O)OCC2CCCCC2)c1. The Hall–Kier alpha value is -2.27. The van der Waals surface area contributed by atoms with E-state index in [2.05, 4.69) is 17.9 Å². The Morgan fingerprint density at radius 3 is 2.52 bits per heavy atom.